The minimum absolute atomic E-state index is 0.0908. The first-order valence-corrected chi connectivity index (χ1v) is 5.94. The zero-order valence-corrected chi connectivity index (χ0v) is 10.9. The molecule has 0 unspecified atom stereocenters. The van der Waals surface area contributed by atoms with Crippen molar-refractivity contribution >= 4 is 5.78 Å². The van der Waals surface area contributed by atoms with Crippen LogP contribution in [-0.4, -0.2) is 20.0 Å². The van der Waals surface area contributed by atoms with Gasteiger partial charge in [0.25, 0.3) is 0 Å². The highest BCUT2D eigenvalue weighted by molar-refractivity contribution is 5.98. The standard InChI is InChI=1S/C14H20O3/c1-5-10(6-2)14(15)11-7-8-12(16-3)13(9-11)17-4/h7-10H,5-6H2,1-4H3. The SMILES string of the molecule is CCC(CC)C(=O)c1ccc(OC)c(OC)c1. The minimum Gasteiger partial charge on any atom is -0.493 e. The van der Waals surface area contributed by atoms with Crippen molar-refractivity contribution in [2.75, 3.05) is 14.2 Å². The van der Waals surface area contributed by atoms with Gasteiger partial charge in [-0.3, -0.25) is 4.79 Å². The summed E-state index contributed by atoms with van der Waals surface area (Å²) in [6.07, 6.45) is 1.73. The monoisotopic (exact) mass is 236 g/mol. The molecule has 0 atom stereocenters. The van der Waals surface area contributed by atoms with E-state index in [1.54, 1.807) is 32.4 Å². The lowest BCUT2D eigenvalue weighted by Crippen LogP contribution is -2.13. The summed E-state index contributed by atoms with van der Waals surface area (Å²) < 4.78 is 10.3. The molecule has 0 heterocycles. The van der Waals surface area contributed by atoms with Gasteiger partial charge in [0, 0.05) is 11.5 Å². The Kier molecular flexibility index (Phi) is 5.01. The third-order valence-corrected chi connectivity index (χ3v) is 3.02. The lowest BCUT2D eigenvalue weighted by atomic mass is 9.93. The summed E-state index contributed by atoms with van der Waals surface area (Å²) in [7, 11) is 3.16. The molecule has 0 saturated carbocycles. The molecule has 1 rings (SSSR count). The Labute approximate surface area is 103 Å². The van der Waals surface area contributed by atoms with Crippen LogP contribution in [0.5, 0.6) is 11.5 Å². The van der Waals surface area contributed by atoms with E-state index in [1.807, 2.05) is 13.8 Å². The lowest BCUT2D eigenvalue weighted by Gasteiger charge is -2.13. The third-order valence-electron chi connectivity index (χ3n) is 3.02. The number of ketones is 1. The van der Waals surface area contributed by atoms with Crippen molar-refractivity contribution in [2.45, 2.75) is 26.7 Å². The third kappa shape index (κ3) is 2.99. The first-order chi connectivity index (χ1) is 8.17. The largest absolute Gasteiger partial charge is 0.493 e. The number of carbonyl (C=O) groups is 1. The van der Waals surface area contributed by atoms with E-state index in [0.29, 0.717) is 17.1 Å². The van der Waals surface area contributed by atoms with Gasteiger partial charge in [0.05, 0.1) is 14.2 Å². The van der Waals surface area contributed by atoms with Gasteiger partial charge in [-0.05, 0) is 31.0 Å². The summed E-state index contributed by atoms with van der Waals surface area (Å²) >= 11 is 0. The first-order valence-electron chi connectivity index (χ1n) is 5.94. The van der Waals surface area contributed by atoms with Crippen LogP contribution in [-0.2, 0) is 0 Å². The molecule has 0 fully saturated rings. The first kappa shape index (κ1) is 13.6. The van der Waals surface area contributed by atoms with Gasteiger partial charge in [-0.15, -0.1) is 0 Å². The molecule has 0 radical (unpaired) electrons. The molecule has 3 heteroatoms. The van der Waals surface area contributed by atoms with Gasteiger partial charge in [0.1, 0.15) is 0 Å². The predicted molar refractivity (Wildman–Crippen MR) is 67.9 cm³/mol. The Bertz CT molecular complexity index is 381. The summed E-state index contributed by atoms with van der Waals surface area (Å²) in [5, 5.41) is 0. The molecule has 0 saturated heterocycles. The second kappa shape index (κ2) is 6.28. The summed E-state index contributed by atoms with van der Waals surface area (Å²) in [5.41, 5.74) is 0.691. The molecule has 0 aliphatic heterocycles. The number of methoxy groups -OCH3 is 2. The fourth-order valence-electron chi connectivity index (χ4n) is 1.88. The van der Waals surface area contributed by atoms with Gasteiger partial charge < -0.3 is 9.47 Å². The van der Waals surface area contributed by atoms with E-state index in [0.717, 1.165) is 12.8 Å². The van der Waals surface area contributed by atoms with Crippen LogP contribution in [0.1, 0.15) is 37.0 Å². The molecule has 0 N–H and O–H groups in total. The molecule has 0 aromatic heterocycles. The summed E-state index contributed by atoms with van der Waals surface area (Å²) in [6, 6.07) is 5.32. The number of carbonyl (C=O) groups excluding carboxylic acids is 1. The Morgan fingerprint density at radius 1 is 1.12 bits per heavy atom. The summed E-state index contributed by atoms with van der Waals surface area (Å²) in [6.45, 7) is 4.07. The normalized spacial score (nSPS) is 10.4. The Morgan fingerprint density at radius 2 is 1.71 bits per heavy atom. The van der Waals surface area contributed by atoms with E-state index in [1.165, 1.54) is 0 Å². The Morgan fingerprint density at radius 3 is 2.18 bits per heavy atom. The number of hydrogen-bond acceptors (Lipinski definition) is 3. The number of rotatable bonds is 6. The molecule has 0 aliphatic carbocycles. The fourth-order valence-corrected chi connectivity index (χ4v) is 1.88. The average Bonchev–Trinajstić information content (AvgIpc) is 2.39. The number of Topliss-reactive ketones (excluding diaryl/α,β-unsaturated/α-hetero) is 1. The van der Waals surface area contributed by atoms with Crippen LogP contribution in [0.3, 0.4) is 0 Å². The maximum atomic E-state index is 12.2. The van der Waals surface area contributed by atoms with E-state index in [4.69, 9.17) is 9.47 Å². The van der Waals surface area contributed by atoms with E-state index in [2.05, 4.69) is 0 Å². The molecule has 0 bridgehead atoms. The zero-order chi connectivity index (χ0) is 12.8. The van der Waals surface area contributed by atoms with Crippen molar-refractivity contribution in [2.24, 2.45) is 5.92 Å². The molecular formula is C14H20O3. The smallest absolute Gasteiger partial charge is 0.166 e. The van der Waals surface area contributed by atoms with E-state index < -0.39 is 0 Å². The molecule has 0 aliphatic rings. The highest BCUT2D eigenvalue weighted by atomic mass is 16.5. The zero-order valence-electron chi connectivity index (χ0n) is 10.9. The van der Waals surface area contributed by atoms with Crippen LogP contribution < -0.4 is 9.47 Å². The highest BCUT2D eigenvalue weighted by Gasteiger charge is 2.17. The van der Waals surface area contributed by atoms with Crippen LogP contribution >= 0.6 is 0 Å². The molecule has 94 valence electrons. The summed E-state index contributed by atoms with van der Waals surface area (Å²) in [4.78, 5) is 12.2. The maximum absolute atomic E-state index is 12.2. The van der Waals surface area contributed by atoms with Gasteiger partial charge in [0.15, 0.2) is 17.3 Å². The lowest BCUT2D eigenvalue weighted by molar-refractivity contribution is 0.0913. The minimum atomic E-state index is 0.0908. The fraction of sp³-hybridized carbons (Fsp3) is 0.500. The topological polar surface area (TPSA) is 35.5 Å². The van der Waals surface area contributed by atoms with Gasteiger partial charge in [-0.25, -0.2) is 0 Å². The van der Waals surface area contributed by atoms with Crippen molar-refractivity contribution in [1.82, 2.24) is 0 Å². The number of benzene rings is 1. The molecule has 1 aromatic rings. The molecule has 3 nitrogen and oxygen atoms in total. The Hall–Kier alpha value is -1.51. The maximum Gasteiger partial charge on any atom is 0.166 e. The summed E-state index contributed by atoms with van der Waals surface area (Å²) in [5.74, 6) is 1.52. The van der Waals surface area contributed by atoms with Crippen LogP contribution in [0.4, 0.5) is 0 Å². The average molecular weight is 236 g/mol. The predicted octanol–water partition coefficient (Wildman–Crippen LogP) is 3.32. The van der Waals surface area contributed by atoms with Crippen LogP contribution in [0.25, 0.3) is 0 Å². The molecule has 0 spiro atoms. The van der Waals surface area contributed by atoms with E-state index in [-0.39, 0.29) is 11.7 Å². The molecule has 17 heavy (non-hydrogen) atoms. The van der Waals surface area contributed by atoms with Gasteiger partial charge >= 0.3 is 0 Å². The van der Waals surface area contributed by atoms with Crippen molar-refractivity contribution < 1.29 is 14.3 Å². The van der Waals surface area contributed by atoms with Crippen LogP contribution in [0.15, 0.2) is 18.2 Å². The quantitative estimate of drug-likeness (QED) is 0.711. The van der Waals surface area contributed by atoms with Crippen molar-refractivity contribution in [3.8, 4) is 11.5 Å². The second-order valence-electron chi connectivity index (χ2n) is 3.95. The van der Waals surface area contributed by atoms with Crippen molar-refractivity contribution in [3.63, 3.8) is 0 Å². The number of ether oxygens (including phenoxy) is 2. The van der Waals surface area contributed by atoms with Gasteiger partial charge in [0.2, 0.25) is 0 Å². The van der Waals surface area contributed by atoms with E-state index >= 15 is 0 Å². The molecular weight excluding hydrogens is 216 g/mol. The van der Waals surface area contributed by atoms with Gasteiger partial charge in [-0.2, -0.15) is 0 Å². The van der Waals surface area contributed by atoms with E-state index in [9.17, 15) is 4.79 Å². The van der Waals surface area contributed by atoms with Crippen molar-refractivity contribution in [3.05, 3.63) is 23.8 Å². The number of hydrogen-bond donors (Lipinski definition) is 0. The van der Waals surface area contributed by atoms with Gasteiger partial charge in [-0.1, -0.05) is 13.8 Å². The van der Waals surface area contributed by atoms with Crippen LogP contribution in [0.2, 0.25) is 0 Å². The molecule has 0 amide bonds. The Balaban J connectivity index is 3.03. The van der Waals surface area contributed by atoms with Crippen LogP contribution in [0, 0.1) is 5.92 Å². The second-order valence-corrected chi connectivity index (χ2v) is 3.95. The molecule has 1 aromatic carbocycles. The highest BCUT2D eigenvalue weighted by Crippen LogP contribution is 2.29. The van der Waals surface area contributed by atoms with Crippen molar-refractivity contribution in [1.29, 1.82) is 0 Å².